The van der Waals surface area contributed by atoms with Gasteiger partial charge in [-0.1, -0.05) is 57.5 Å². The van der Waals surface area contributed by atoms with E-state index in [0.29, 0.717) is 6.54 Å². The van der Waals surface area contributed by atoms with E-state index in [1.807, 2.05) is 36.9 Å². The summed E-state index contributed by atoms with van der Waals surface area (Å²) in [7, 11) is 0. The van der Waals surface area contributed by atoms with Gasteiger partial charge in [0.25, 0.3) is 0 Å². The molecule has 2 rings (SSSR count). The SMILES string of the molecule is CCC[C@@H](NC(=O)[C@H]1CCCN(C(=O)C(C)C)C1)c1ccccc1. The molecule has 4 heteroatoms. The molecule has 0 aliphatic carbocycles. The van der Waals surface area contributed by atoms with Gasteiger partial charge >= 0.3 is 0 Å². The summed E-state index contributed by atoms with van der Waals surface area (Å²) < 4.78 is 0. The Balaban J connectivity index is 2.00. The largest absolute Gasteiger partial charge is 0.349 e. The van der Waals surface area contributed by atoms with E-state index >= 15 is 0 Å². The third-order valence-electron chi connectivity index (χ3n) is 4.69. The van der Waals surface area contributed by atoms with Gasteiger partial charge in [-0.3, -0.25) is 9.59 Å². The Bertz CT molecular complexity index is 542. The molecule has 0 aromatic heterocycles. The molecule has 1 aromatic rings. The van der Waals surface area contributed by atoms with Crippen molar-refractivity contribution in [2.45, 2.75) is 52.5 Å². The Hall–Kier alpha value is -1.84. The van der Waals surface area contributed by atoms with Crippen molar-refractivity contribution < 1.29 is 9.59 Å². The fourth-order valence-corrected chi connectivity index (χ4v) is 3.34. The number of benzene rings is 1. The van der Waals surface area contributed by atoms with Crippen molar-refractivity contribution >= 4 is 11.8 Å². The van der Waals surface area contributed by atoms with Crippen LogP contribution in [0.25, 0.3) is 0 Å². The minimum absolute atomic E-state index is 0.0102. The summed E-state index contributed by atoms with van der Waals surface area (Å²) in [5, 5.41) is 3.22. The van der Waals surface area contributed by atoms with Crippen LogP contribution in [0.1, 0.15) is 58.1 Å². The summed E-state index contributed by atoms with van der Waals surface area (Å²) in [6.45, 7) is 7.29. The maximum Gasteiger partial charge on any atom is 0.225 e. The molecule has 1 aliphatic heterocycles. The molecule has 2 amide bonds. The third kappa shape index (κ3) is 4.83. The zero-order valence-corrected chi connectivity index (χ0v) is 15.1. The predicted molar refractivity (Wildman–Crippen MR) is 96.4 cm³/mol. The summed E-state index contributed by atoms with van der Waals surface area (Å²) in [6, 6.07) is 10.2. The van der Waals surface area contributed by atoms with E-state index < -0.39 is 0 Å². The molecule has 0 bridgehead atoms. The molecule has 1 aliphatic rings. The van der Waals surface area contributed by atoms with Crippen molar-refractivity contribution in [3.63, 3.8) is 0 Å². The summed E-state index contributed by atoms with van der Waals surface area (Å²) in [5.41, 5.74) is 1.15. The third-order valence-corrected chi connectivity index (χ3v) is 4.69. The first-order chi connectivity index (χ1) is 11.5. The van der Waals surface area contributed by atoms with Crippen LogP contribution in [-0.2, 0) is 9.59 Å². The topological polar surface area (TPSA) is 49.4 Å². The zero-order chi connectivity index (χ0) is 17.5. The number of rotatable bonds is 6. The predicted octanol–water partition coefficient (Wildman–Crippen LogP) is 3.54. The van der Waals surface area contributed by atoms with Crippen LogP contribution < -0.4 is 5.32 Å². The molecule has 132 valence electrons. The molecule has 24 heavy (non-hydrogen) atoms. The lowest BCUT2D eigenvalue weighted by atomic mass is 9.94. The number of nitrogens with zero attached hydrogens (tertiary/aromatic N) is 1. The second-order valence-electron chi connectivity index (χ2n) is 7.04. The lowest BCUT2D eigenvalue weighted by Gasteiger charge is -2.34. The number of hydrogen-bond acceptors (Lipinski definition) is 2. The molecular weight excluding hydrogens is 300 g/mol. The standard InChI is InChI=1S/C20H30N2O2/c1-4-9-18(16-10-6-5-7-11-16)21-19(23)17-12-8-13-22(14-17)20(24)15(2)3/h5-7,10-11,15,17-18H,4,8-9,12-14H2,1-3H3,(H,21,23)/t17-,18+/m0/s1. The van der Waals surface area contributed by atoms with Gasteiger partial charge in [-0.2, -0.15) is 0 Å². The van der Waals surface area contributed by atoms with Crippen molar-refractivity contribution in [3.05, 3.63) is 35.9 Å². The summed E-state index contributed by atoms with van der Waals surface area (Å²) >= 11 is 0. The van der Waals surface area contributed by atoms with Crippen molar-refractivity contribution in [1.29, 1.82) is 0 Å². The molecule has 1 aromatic carbocycles. The fraction of sp³-hybridized carbons (Fsp3) is 0.600. The Kier molecular flexibility index (Phi) is 6.83. The van der Waals surface area contributed by atoms with Gasteiger partial charge in [-0.25, -0.2) is 0 Å². The average Bonchev–Trinajstić information content (AvgIpc) is 2.61. The van der Waals surface area contributed by atoms with Gasteiger partial charge in [0.05, 0.1) is 12.0 Å². The van der Waals surface area contributed by atoms with Crippen LogP contribution in [0.2, 0.25) is 0 Å². The minimum atomic E-state index is -0.0930. The quantitative estimate of drug-likeness (QED) is 0.867. The van der Waals surface area contributed by atoms with Crippen molar-refractivity contribution in [2.75, 3.05) is 13.1 Å². The number of piperidine rings is 1. The first-order valence-electron chi connectivity index (χ1n) is 9.17. The highest BCUT2D eigenvalue weighted by Crippen LogP contribution is 2.22. The van der Waals surface area contributed by atoms with E-state index in [2.05, 4.69) is 24.4 Å². The minimum Gasteiger partial charge on any atom is -0.349 e. The number of amides is 2. The second kappa shape index (κ2) is 8.86. The van der Waals surface area contributed by atoms with Crippen LogP contribution in [0, 0.1) is 11.8 Å². The highest BCUT2D eigenvalue weighted by Gasteiger charge is 2.30. The van der Waals surface area contributed by atoms with Gasteiger partial charge in [0.2, 0.25) is 11.8 Å². The molecular formula is C20H30N2O2. The van der Waals surface area contributed by atoms with Crippen LogP contribution in [0.4, 0.5) is 0 Å². The normalized spacial score (nSPS) is 19.2. The lowest BCUT2D eigenvalue weighted by molar-refractivity contribution is -0.138. The molecule has 1 fully saturated rings. The van der Waals surface area contributed by atoms with E-state index in [1.54, 1.807) is 0 Å². The molecule has 0 unspecified atom stereocenters. The molecule has 0 radical (unpaired) electrons. The number of carbonyl (C=O) groups is 2. The summed E-state index contributed by atoms with van der Waals surface area (Å²) in [5.74, 6) is 0.132. The summed E-state index contributed by atoms with van der Waals surface area (Å²) in [6.07, 6.45) is 3.71. The zero-order valence-electron chi connectivity index (χ0n) is 15.1. The Morgan fingerprint density at radius 3 is 2.58 bits per heavy atom. The second-order valence-corrected chi connectivity index (χ2v) is 7.04. The van der Waals surface area contributed by atoms with Crippen LogP contribution in [0.3, 0.4) is 0 Å². The number of likely N-dealkylation sites (tertiary alicyclic amines) is 1. The smallest absolute Gasteiger partial charge is 0.225 e. The van der Waals surface area contributed by atoms with Crippen molar-refractivity contribution in [3.8, 4) is 0 Å². The molecule has 1 heterocycles. The Morgan fingerprint density at radius 1 is 1.25 bits per heavy atom. The Morgan fingerprint density at radius 2 is 1.96 bits per heavy atom. The first kappa shape index (κ1) is 18.5. The van der Waals surface area contributed by atoms with E-state index in [-0.39, 0.29) is 29.7 Å². The van der Waals surface area contributed by atoms with E-state index in [1.165, 1.54) is 0 Å². The van der Waals surface area contributed by atoms with Gasteiger partial charge < -0.3 is 10.2 Å². The van der Waals surface area contributed by atoms with E-state index in [4.69, 9.17) is 0 Å². The number of carbonyl (C=O) groups excluding carboxylic acids is 2. The first-order valence-corrected chi connectivity index (χ1v) is 9.17. The van der Waals surface area contributed by atoms with Gasteiger partial charge in [-0.05, 0) is 24.8 Å². The molecule has 0 spiro atoms. The molecule has 2 atom stereocenters. The van der Waals surface area contributed by atoms with Gasteiger partial charge in [-0.15, -0.1) is 0 Å². The maximum atomic E-state index is 12.7. The van der Waals surface area contributed by atoms with Crippen molar-refractivity contribution in [2.24, 2.45) is 11.8 Å². The van der Waals surface area contributed by atoms with Crippen LogP contribution >= 0.6 is 0 Å². The lowest BCUT2D eigenvalue weighted by Crippen LogP contribution is -2.47. The molecule has 0 saturated carbocycles. The highest BCUT2D eigenvalue weighted by atomic mass is 16.2. The Labute approximate surface area is 145 Å². The molecule has 1 saturated heterocycles. The van der Waals surface area contributed by atoms with Crippen LogP contribution in [-0.4, -0.2) is 29.8 Å². The molecule has 1 N–H and O–H groups in total. The van der Waals surface area contributed by atoms with Gasteiger partial charge in [0.1, 0.15) is 0 Å². The summed E-state index contributed by atoms with van der Waals surface area (Å²) in [4.78, 5) is 26.8. The van der Waals surface area contributed by atoms with E-state index in [0.717, 1.165) is 37.8 Å². The fourth-order valence-electron chi connectivity index (χ4n) is 3.34. The number of nitrogens with one attached hydrogen (secondary N) is 1. The van der Waals surface area contributed by atoms with Crippen LogP contribution in [0.5, 0.6) is 0 Å². The van der Waals surface area contributed by atoms with Gasteiger partial charge in [0.15, 0.2) is 0 Å². The molecule has 4 nitrogen and oxygen atoms in total. The van der Waals surface area contributed by atoms with Crippen molar-refractivity contribution in [1.82, 2.24) is 10.2 Å². The van der Waals surface area contributed by atoms with Crippen LogP contribution in [0.15, 0.2) is 30.3 Å². The monoisotopic (exact) mass is 330 g/mol. The van der Waals surface area contributed by atoms with E-state index in [9.17, 15) is 9.59 Å². The van der Waals surface area contributed by atoms with Gasteiger partial charge in [0, 0.05) is 19.0 Å². The number of hydrogen-bond donors (Lipinski definition) is 1. The average molecular weight is 330 g/mol. The maximum absolute atomic E-state index is 12.7. The highest BCUT2D eigenvalue weighted by molar-refractivity contribution is 5.82.